The van der Waals surface area contributed by atoms with Crippen LogP contribution in [-0.2, 0) is 10.0 Å². The van der Waals surface area contributed by atoms with E-state index in [4.69, 9.17) is 18.0 Å². The first-order chi connectivity index (χ1) is 8.88. The number of pyridine rings is 1. The molecule has 1 fully saturated rings. The molecule has 0 bridgehead atoms. The van der Waals surface area contributed by atoms with E-state index in [9.17, 15) is 8.42 Å². The van der Waals surface area contributed by atoms with E-state index in [-0.39, 0.29) is 14.6 Å². The highest BCUT2D eigenvalue weighted by Crippen LogP contribution is 2.46. The van der Waals surface area contributed by atoms with Crippen LogP contribution in [0.4, 0.5) is 0 Å². The van der Waals surface area contributed by atoms with Crippen LogP contribution in [0.5, 0.6) is 0 Å². The summed E-state index contributed by atoms with van der Waals surface area (Å²) in [7, 11) is -3.52. The lowest BCUT2D eigenvalue weighted by Crippen LogP contribution is -2.31. The van der Waals surface area contributed by atoms with Crippen LogP contribution >= 0.6 is 24.0 Å². The van der Waals surface area contributed by atoms with Gasteiger partial charge >= 0.3 is 0 Å². The molecule has 0 atom stereocenters. The van der Waals surface area contributed by atoms with Gasteiger partial charge in [-0.15, -0.1) is 0 Å². The monoisotopic (exact) mass is 317 g/mol. The quantitative estimate of drug-likeness (QED) is 0.758. The zero-order valence-electron chi connectivity index (χ0n) is 10.4. The first-order valence-corrected chi connectivity index (χ1v) is 8.81. The number of sulfonamides is 1. The van der Waals surface area contributed by atoms with Crippen molar-refractivity contribution in [3.63, 3.8) is 0 Å². The SMILES string of the molecule is CSC1(CNS(=O)(=O)c2ccc(C(N)=S)nc2)CC1. The van der Waals surface area contributed by atoms with Crippen molar-refractivity contribution in [2.75, 3.05) is 12.8 Å². The minimum absolute atomic E-state index is 0.0826. The van der Waals surface area contributed by atoms with Crippen LogP contribution in [0.1, 0.15) is 18.5 Å². The van der Waals surface area contributed by atoms with Crippen molar-refractivity contribution < 1.29 is 8.42 Å². The van der Waals surface area contributed by atoms with Crippen molar-refractivity contribution in [3.8, 4) is 0 Å². The van der Waals surface area contributed by atoms with Crippen molar-refractivity contribution >= 4 is 39.0 Å². The van der Waals surface area contributed by atoms with E-state index in [0.717, 1.165) is 12.8 Å². The van der Waals surface area contributed by atoms with Crippen molar-refractivity contribution in [1.29, 1.82) is 0 Å². The predicted molar refractivity (Wildman–Crippen MR) is 80.8 cm³/mol. The molecule has 0 unspecified atom stereocenters. The van der Waals surface area contributed by atoms with E-state index >= 15 is 0 Å². The van der Waals surface area contributed by atoms with Crippen LogP contribution in [0.2, 0.25) is 0 Å². The number of thioether (sulfide) groups is 1. The van der Waals surface area contributed by atoms with E-state index in [2.05, 4.69) is 9.71 Å². The smallest absolute Gasteiger partial charge is 0.242 e. The number of nitrogens with zero attached hydrogens (tertiary/aromatic N) is 1. The van der Waals surface area contributed by atoms with E-state index in [1.807, 2.05) is 6.26 Å². The molecule has 1 aromatic rings. The van der Waals surface area contributed by atoms with E-state index in [0.29, 0.717) is 12.2 Å². The van der Waals surface area contributed by atoms with Crippen LogP contribution in [0, 0.1) is 0 Å². The van der Waals surface area contributed by atoms with Gasteiger partial charge in [0.2, 0.25) is 10.0 Å². The Hall–Kier alpha value is -0.700. The Morgan fingerprint density at radius 3 is 2.68 bits per heavy atom. The Morgan fingerprint density at radius 1 is 1.58 bits per heavy atom. The normalized spacial score (nSPS) is 17.1. The highest BCUT2D eigenvalue weighted by atomic mass is 32.2. The van der Waals surface area contributed by atoms with Crippen LogP contribution in [0.3, 0.4) is 0 Å². The maximum Gasteiger partial charge on any atom is 0.242 e. The van der Waals surface area contributed by atoms with E-state index in [1.54, 1.807) is 11.8 Å². The molecule has 1 aliphatic carbocycles. The number of hydrogen-bond donors (Lipinski definition) is 2. The first kappa shape index (κ1) is 14.7. The summed E-state index contributed by atoms with van der Waals surface area (Å²) in [6, 6.07) is 2.97. The first-order valence-electron chi connectivity index (χ1n) is 5.69. The van der Waals surface area contributed by atoms with Gasteiger partial charge in [0.1, 0.15) is 9.88 Å². The maximum atomic E-state index is 12.1. The summed E-state index contributed by atoms with van der Waals surface area (Å²) in [5, 5.41) is 0. The lowest BCUT2D eigenvalue weighted by Gasteiger charge is -2.13. The molecule has 1 heterocycles. The van der Waals surface area contributed by atoms with Gasteiger partial charge in [0.25, 0.3) is 0 Å². The highest BCUT2D eigenvalue weighted by molar-refractivity contribution is 8.00. The molecule has 1 saturated carbocycles. The van der Waals surface area contributed by atoms with Gasteiger partial charge in [-0.25, -0.2) is 13.1 Å². The third kappa shape index (κ3) is 3.44. The average Bonchev–Trinajstić information content (AvgIpc) is 3.17. The minimum Gasteiger partial charge on any atom is -0.388 e. The number of rotatable bonds is 6. The van der Waals surface area contributed by atoms with Gasteiger partial charge in [-0.2, -0.15) is 11.8 Å². The molecule has 0 amide bonds. The summed E-state index contributed by atoms with van der Waals surface area (Å²) in [6.45, 7) is 0.452. The molecule has 8 heteroatoms. The molecule has 104 valence electrons. The molecule has 0 radical (unpaired) electrons. The van der Waals surface area contributed by atoms with E-state index < -0.39 is 10.0 Å². The lowest BCUT2D eigenvalue weighted by atomic mass is 10.3. The van der Waals surface area contributed by atoms with Gasteiger partial charge in [0.15, 0.2) is 0 Å². The number of thiocarbonyl (C=S) groups is 1. The summed E-state index contributed by atoms with van der Waals surface area (Å²) in [6.07, 6.45) is 5.37. The molecule has 3 N–H and O–H groups in total. The molecule has 0 saturated heterocycles. The number of nitrogens with one attached hydrogen (secondary N) is 1. The molecule has 1 aliphatic rings. The van der Waals surface area contributed by atoms with Gasteiger partial charge < -0.3 is 5.73 Å². The standard InChI is InChI=1S/C11H15N3O2S3/c1-18-11(4-5-11)7-14-19(15,16)8-2-3-9(10(12)17)13-6-8/h2-3,6,14H,4-5,7H2,1H3,(H2,12,17). The Kier molecular flexibility index (Phi) is 4.14. The van der Waals surface area contributed by atoms with Crippen LogP contribution < -0.4 is 10.5 Å². The van der Waals surface area contributed by atoms with Crippen molar-refractivity contribution in [2.45, 2.75) is 22.5 Å². The second-order valence-electron chi connectivity index (χ2n) is 4.46. The third-order valence-electron chi connectivity index (χ3n) is 3.12. The fourth-order valence-electron chi connectivity index (χ4n) is 1.59. The number of aromatic nitrogens is 1. The molecule has 0 aliphatic heterocycles. The average molecular weight is 317 g/mol. The van der Waals surface area contributed by atoms with Gasteiger partial charge in [-0.1, -0.05) is 12.2 Å². The van der Waals surface area contributed by atoms with Crippen molar-refractivity contribution in [1.82, 2.24) is 9.71 Å². The van der Waals surface area contributed by atoms with Crippen molar-refractivity contribution in [3.05, 3.63) is 24.0 Å². The summed E-state index contributed by atoms with van der Waals surface area (Å²) in [5.74, 6) is 0. The summed E-state index contributed by atoms with van der Waals surface area (Å²) in [4.78, 5) is 4.21. The summed E-state index contributed by atoms with van der Waals surface area (Å²) >= 11 is 6.47. The topological polar surface area (TPSA) is 85.1 Å². The summed E-state index contributed by atoms with van der Waals surface area (Å²) < 4.78 is 26.9. The minimum atomic E-state index is -3.52. The second-order valence-corrected chi connectivity index (χ2v) is 7.94. The molecule has 2 rings (SSSR count). The molecule has 1 aromatic heterocycles. The molecular weight excluding hydrogens is 302 g/mol. The second kappa shape index (κ2) is 5.35. The molecular formula is C11H15N3O2S3. The van der Waals surface area contributed by atoms with Gasteiger partial charge in [0.05, 0.1) is 5.69 Å². The van der Waals surface area contributed by atoms with Crippen LogP contribution in [-0.4, -0.2) is 35.9 Å². The van der Waals surface area contributed by atoms with Gasteiger partial charge in [-0.05, 0) is 31.2 Å². The Labute approximate surface area is 122 Å². The van der Waals surface area contributed by atoms with Crippen molar-refractivity contribution in [2.24, 2.45) is 5.73 Å². The van der Waals surface area contributed by atoms with Crippen LogP contribution in [0.25, 0.3) is 0 Å². The third-order valence-corrected chi connectivity index (χ3v) is 6.14. The highest BCUT2D eigenvalue weighted by Gasteiger charge is 2.42. The molecule has 19 heavy (non-hydrogen) atoms. The fraction of sp³-hybridized carbons (Fsp3) is 0.455. The Balaban J connectivity index is 2.08. The largest absolute Gasteiger partial charge is 0.388 e. The van der Waals surface area contributed by atoms with Gasteiger partial charge in [-0.3, -0.25) is 4.98 Å². The van der Waals surface area contributed by atoms with E-state index in [1.165, 1.54) is 18.3 Å². The van der Waals surface area contributed by atoms with Crippen LogP contribution in [0.15, 0.2) is 23.2 Å². The maximum absolute atomic E-state index is 12.1. The Bertz CT molecular complexity index is 580. The zero-order valence-corrected chi connectivity index (χ0v) is 12.9. The zero-order chi connectivity index (χ0) is 14.1. The number of hydrogen-bond acceptors (Lipinski definition) is 5. The summed E-state index contributed by atoms with van der Waals surface area (Å²) in [5.41, 5.74) is 5.83. The fourth-order valence-corrected chi connectivity index (χ4v) is 3.60. The predicted octanol–water partition coefficient (Wildman–Crippen LogP) is 0.890. The van der Waals surface area contributed by atoms with Gasteiger partial charge in [0, 0.05) is 17.5 Å². The lowest BCUT2D eigenvalue weighted by molar-refractivity contribution is 0.579. The number of nitrogens with two attached hydrogens (primary N) is 1. The Morgan fingerprint density at radius 2 is 2.26 bits per heavy atom. The molecule has 0 aromatic carbocycles. The molecule has 5 nitrogen and oxygen atoms in total. The molecule has 0 spiro atoms.